The number of carbonyl (C=O) groups is 2. The zero-order valence-electron chi connectivity index (χ0n) is 12.3. The maximum atomic E-state index is 13.4. The second kappa shape index (κ2) is 8.21. The summed E-state index contributed by atoms with van der Waals surface area (Å²) in [6.45, 7) is -0.602. The summed E-state index contributed by atoms with van der Waals surface area (Å²) in [5.74, 6) is -3.17. The Kier molecular flexibility index (Phi) is 6.03. The second-order valence-electron chi connectivity index (χ2n) is 4.67. The van der Waals surface area contributed by atoms with Gasteiger partial charge in [0, 0.05) is 17.2 Å². The van der Waals surface area contributed by atoms with Gasteiger partial charge in [-0.3, -0.25) is 4.79 Å². The number of hydrogen-bond donors (Lipinski definition) is 1. The first-order valence-corrected chi connectivity index (χ1v) is 7.17. The van der Waals surface area contributed by atoms with Crippen LogP contribution in [0, 0.1) is 11.6 Å². The molecule has 1 N–H and O–H groups in total. The van der Waals surface area contributed by atoms with E-state index in [2.05, 4.69) is 5.32 Å². The third-order valence-electron chi connectivity index (χ3n) is 2.81. The number of amides is 1. The predicted molar refractivity (Wildman–Crippen MR) is 86.4 cm³/mol. The highest BCUT2D eigenvalue weighted by Gasteiger charge is 2.09. The molecule has 0 aliphatic heterocycles. The van der Waals surface area contributed by atoms with Gasteiger partial charge >= 0.3 is 5.97 Å². The van der Waals surface area contributed by atoms with Crippen LogP contribution in [0.15, 0.2) is 48.5 Å². The number of carbonyl (C=O) groups excluding carboxylic acids is 2. The predicted octanol–water partition coefficient (Wildman–Crippen LogP) is 3.81. The van der Waals surface area contributed by atoms with Crippen LogP contribution in [0.4, 0.5) is 14.5 Å². The first kappa shape index (κ1) is 17.6. The van der Waals surface area contributed by atoms with Gasteiger partial charge < -0.3 is 10.1 Å². The number of nitrogens with one attached hydrogen (secondary N) is 1. The first-order valence-electron chi connectivity index (χ1n) is 6.79. The van der Waals surface area contributed by atoms with Crippen LogP contribution in [0.2, 0.25) is 5.02 Å². The number of ether oxygens (including phenoxy) is 1. The number of benzene rings is 2. The van der Waals surface area contributed by atoms with E-state index in [0.29, 0.717) is 16.7 Å². The van der Waals surface area contributed by atoms with Crippen LogP contribution in [0.1, 0.15) is 5.56 Å². The Bertz CT molecular complexity index is 793. The minimum atomic E-state index is -0.921. The van der Waals surface area contributed by atoms with Gasteiger partial charge in [-0.05, 0) is 35.9 Å². The summed E-state index contributed by atoms with van der Waals surface area (Å²) in [6, 6.07) is 9.50. The molecule has 1 amide bonds. The van der Waals surface area contributed by atoms with Crippen molar-refractivity contribution in [3.63, 3.8) is 0 Å². The lowest BCUT2D eigenvalue weighted by atomic mass is 10.2. The highest BCUT2D eigenvalue weighted by atomic mass is 35.5. The molecule has 2 aromatic carbocycles. The molecule has 7 heteroatoms. The van der Waals surface area contributed by atoms with Crippen LogP contribution in [-0.2, 0) is 14.3 Å². The summed E-state index contributed by atoms with van der Waals surface area (Å²) in [5, 5.41) is 2.69. The van der Waals surface area contributed by atoms with Crippen molar-refractivity contribution in [3.05, 3.63) is 70.8 Å². The molecule has 0 atom stereocenters. The van der Waals surface area contributed by atoms with Crippen LogP contribution in [0.5, 0.6) is 0 Å². The molecule has 4 nitrogen and oxygen atoms in total. The fourth-order valence-electron chi connectivity index (χ4n) is 1.74. The molecular formula is C17H12ClF2NO3. The van der Waals surface area contributed by atoms with Gasteiger partial charge in [-0.15, -0.1) is 0 Å². The molecule has 24 heavy (non-hydrogen) atoms. The van der Waals surface area contributed by atoms with Crippen molar-refractivity contribution in [2.75, 3.05) is 11.9 Å². The van der Waals surface area contributed by atoms with Gasteiger partial charge in [0.2, 0.25) is 0 Å². The average Bonchev–Trinajstić information content (AvgIpc) is 2.54. The Morgan fingerprint density at radius 3 is 2.67 bits per heavy atom. The van der Waals surface area contributed by atoms with Crippen molar-refractivity contribution in [1.29, 1.82) is 0 Å². The number of anilines is 1. The Morgan fingerprint density at radius 2 is 1.96 bits per heavy atom. The number of halogens is 3. The quantitative estimate of drug-likeness (QED) is 0.658. The maximum absolute atomic E-state index is 13.4. The SMILES string of the molecule is O=C(COC(=O)/C=C/c1cccc(Cl)c1)Nc1ccc(F)cc1F. The highest BCUT2D eigenvalue weighted by Crippen LogP contribution is 2.15. The number of hydrogen-bond acceptors (Lipinski definition) is 3. The van der Waals surface area contributed by atoms with Gasteiger partial charge in [-0.2, -0.15) is 0 Å². The minimum Gasteiger partial charge on any atom is -0.452 e. The van der Waals surface area contributed by atoms with Crippen molar-refractivity contribution in [2.24, 2.45) is 0 Å². The molecule has 0 bridgehead atoms. The molecule has 0 saturated heterocycles. The summed E-state index contributed by atoms with van der Waals surface area (Å²) >= 11 is 5.81. The Balaban J connectivity index is 1.83. The van der Waals surface area contributed by atoms with E-state index >= 15 is 0 Å². The summed E-state index contributed by atoms with van der Waals surface area (Å²) < 4.78 is 30.8. The first-order chi connectivity index (χ1) is 11.4. The van der Waals surface area contributed by atoms with E-state index in [1.165, 1.54) is 6.08 Å². The van der Waals surface area contributed by atoms with Crippen molar-refractivity contribution in [3.8, 4) is 0 Å². The van der Waals surface area contributed by atoms with E-state index in [9.17, 15) is 18.4 Å². The summed E-state index contributed by atoms with van der Waals surface area (Å²) in [4.78, 5) is 23.1. The van der Waals surface area contributed by atoms with E-state index < -0.39 is 30.1 Å². The van der Waals surface area contributed by atoms with E-state index in [0.717, 1.165) is 18.2 Å². The van der Waals surface area contributed by atoms with Crippen molar-refractivity contribution >= 4 is 35.2 Å². The summed E-state index contributed by atoms with van der Waals surface area (Å²) in [7, 11) is 0. The monoisotopic (exact) mass is 351 g/mol. The molecule has 2 aromatic rings. The van der Waals surface area contributed by atoms with Crippen LogP contribution in [0.25, 0.3) is 6.08 Å². The maximum Gasteiger partial charge on any atom is 0.331 e. The Labute approximate surface area is 141 Å². The summed E-state index contributed by atoms with van der Waals surface area (Å²) in [5.41, 5.74) is 0.490. The third kappa shape index (κ3) is 5.48. The number of rotatable bonds is 5. The van der Waals surface area contributed by atoms with Gasteiger partial charge in [0.15, 0.2) is 6.61 Å². The standard InChI is InChI=1S/C17H12ClF2NO3/c18-12-3-1-2-11(8-12)4-7-17(23)24-10-16(22)21-15-6-5-13(19)9-14(15)20/h1-9H,10H2,(H,21,22)/b7-4+. The van der Waals surface area contributed by atoms with E-state index in [1.54, 1.807) is 24.3 Å². The molecule has 0 radical (unpaired) electrons. The van der Waals surface area contributed by atoms with Gasteiger partial charge in [-0.1, -0.05) is 23.7 Å². The number of esters is 1. The third-order valence-corrected chi connectivity index (χ3v) is 3.05. The Morgan fingerprint density at radius 1 is 1.17 bits per heavy atom. The fourth-order valence-corrected chi connectivity index (χ4v) is 1.94. The van der Waals surface area contributed by atoms with E-state index in [4.69, 9.17) is 16.3 Å². The molecule has 0 aliphatic rings. The highest BCUT2D eigenvalue weighted by molar-refractivity contribution is 6.30. The van der Waals surface area contributed by atoms with Gasteiger partial charge in [0.25, 0.3) is 5.91 Å². The van der Waals surface area contributed by atoms with Crippen LogP contribution in [-0.4, -0.2) is 18.5 Å². The van der Waals surface area contributed by atoms with E-state index in [-0.39, 0.29) is 5.69 Å². The molecule has 2 rings (SSSR count). The smallest absolute Gasteiger partial charge is 0.331 e. The molecule has 0 heterocycles. The largest absolute Gasteiger partial charge is 0.452 e. The van der Waals surface area contributed by atoms with Crippen LogP contribution >= 0.6 is 11.6 Å². The minimum absolute atomic E-state index is 0.202. The Hall–Kier alpha value is -2.73. The zero-order chi connectivity index (χ0) is 17.5. The molecule has 0 aliphatic carbocycles. The second-order valence-corrected chi connectivity index (χ2v) is 5.10. The van der Waals surface area contributed by atoms with Crippen molar-refractivity contribution in [2.45, 2.75) is 0 Å². The zero-order valence-corrected chi connectivity index (χ0v) is 13.0. The molecule has 0 spiro atoms. The van der Waals surface area contributed by atoms with Gasteiger partial charge in [-0.25, -0.2) is 13.6 Å². The lowest BCUT2D eigenvalue weighted by Gasteiger charge is -2.06. The van der Waals surface area contributed by atoms with Crippen LogP contribution in [0.3, 0.4) is 0 Å². The lowest BCUT2D eigenvalue weighted by molar-refractivity contribution is -0.142. The van der Waals surface area contributed by atoms with Crippen molar-refractivity contribution in [1.82, 2.24) is 0 Å². The van der Waals surface area contributed by atoms with Crippen molar-refractivity contribution < 1.29 is 23.1 Å². The summed E-state index contributed by atoms with van der Waals surface area (Å²) in [6.07, 6.45) is 2.61. The fraction of sp³-hybridized carbons (Fsp3) is 0.0588. The molecule has 0 aromatic heterocycles. The van der Waals surface area contributed by atoms with Gasteiger partial charge in [0.05, 0.1) is 5.69 Å². The topological polar surface area (TPSA) is 55.4 Å². The van der Waals surface area contributed by atoms with E-state index in [1.807, 2.05) is 0 Å². The average molecular weight is 352 g/mol. The molecule has 0 saturated carbocycles. The van der Waals surface area contributed by atoms with Crippen LogP contribution < -0.4 is 5.32 Å². The molecule has 0 fully saturated rings. The lowest BCUT2D eigenvalue weighted by Crippen LogP contribution is -2.20. The van der Waals surface area contributed by atoms with Gasteiger partial charge in [0.1, 0.15) is 11.6 Å². The molecule has 0 unspecified atom stereocenters. The molecule has 124 valence electrons. The normalized spacial score (nSPS) is 10.6. The molecular weight excluding hydrogens is 340 g/mol.